The molecular formula is C33H36F3N7O5S. The first kappa shape index (κ1) is 34.0. The number of carboxylic acid groups (broad SMARTS) is 1. The van der Waals surface area contributed by atoms with Crippen molar-refractivity contribution in [1.29, 1.82) is 0 Å². The number of thioether (sulfide) groups is 1. The van der Waals surface area contributed by atoms with Crippen molar-refractivity contribution >= 4 is 58.0 Å². The number of allylic oxidation sites excluding steroid dienone is 1. The molecule has 1 unspecified atom stereocenters. The van der Waals surface area contributed by atoms with E-state index in [1.54, 1.807) is 11.2 Å². The lowest BCUT2D eigenvalue weighted by molar-refractivity contribution is -0.128. The lowest BCUT2D eigenvalue weighted by Crippen LogP contribution is -2.61. The van der Waals surface area contributed by atoms with E-state index in [1.165, 1.54) is 34.2 Å². The lowest BCUT2D eigenvalue weighted by atomic mass is 9.92. The number of rotatable bonds is 7. The number of nitrogens with one attached hydrogen (secondary N) is 1. The van der Waals surface area contributed by atoms with Gasteiger partial charge in [0.1, 0.15) is 24.0 Å². The number of hydrogen-bond acceptors (Lipinski definition) is 9. The molecule has 260 valence electrons. The summed E-state index contributed by atoms with van der Waals surface area (Å²) in [5.74, 6) is -0.585. The molecular weight excluding hydrogens is 663 g/mol. The average Bonchev–Trinajstić information content (AvgIpc) is 3.68. The molecule has 1 atom stereocenters. The SMILES string of the molecule is CCC1=C(N2CCN(C(=O)O)CC2)C(=O)N2C(=NC(C(C)(C)C)N2c2ccc3ccoc3c2)N1CC(=O)Nc1ccc(SC(F)(F)F)cc1. The number of carbonyl (C=O) groups is 3. The molecule has 3 aromatic rings. The zero-order valence-corrected chi connectivity index (χ0v) is 28.1. The number of nitrogens with zero attached hydrogens (tertiary/aromatic N) is 6. The first-order valence-electron chi connectivity index (χ1n) is 15.7. The third-order valence-electron chi connectivity index (χ3n) is 8.46. The topological polar surface area (TPSA) is 125 Å². The summed E-state index contributed by atoms with van der Waals surface area (Å²) in [6.45, 7) is 8.52. The smallest absolute Gasteiger partial charge is 0.446 e. The van der Waals surface area contributed by atoms with E-state index in [4.69, 9.17) is 9.41 Å². The van der Waals surface area contributed by atoms with Gasteiger partial charge in [-0.05, 0) is 60.6 Å². The van der Waals surface area contributed by atoms with Gasteiger partial charge in [0.15, 0.2) is 0 Å². The number of carbonyl (C=O) groups excluding carboxylic acids is 2. The Kier molecular flexibility index (Phi) is 8.94. The van der Waals surface area contributed by atoms with Gasteiger partial charge in [0.25, 0.3) is 5.91 Å². The molecule has 1 saturated heterocycles. The maximum Gasteiger partial charge on any atom is 0.446 e. The molecule has 0 radical (unpaired) electrons. The van der Waals surface area contributed by atoms with Gasteiger partial charge in [-0.15, -0.1) is 0 Å². The second kappa shape index (κ2) is 12.9. The predicted octanol–water partition coefficient (Wildman–Crippen LogP) is 6.21. The Balaban J connectivity index is 1.39. The zero-order chi connectivity index (χ0) is 35.2. The van der Waals surface area contributed by atoms with Gasteiger partial charge in [0.2, 0.25) is 11.9 Å². The van der Waals surface area contributed by atoms with Crippen LogP contribution in [0.2, 0.25) is 0 Å². The molecule has 16 heteroatoms. The second-order valence-corrected chi connectivity index (χ2v) is 14.0. The van der Waals surface area contributed by atoms with E-state index in [0.29, 0.717) is 34.8 Å². The third kappa shape index (κ3) is 6.86. The molecule has 1 aromatic heterocycles. The fourth-order valence-electron chi connectivity index (χ4n) is 6.22. The van der Waals surface area contributed by atoms with Crippen molar-refractivity contribution < 1.29 is 37.1 Å². The minimum Gasteiger partial charge on any atom is -0.465 e. The van der Waals surface area contributed by atoms with Gasteiger partial charge >= 0.3 is 11.6 Å². The number of guanidine groups is 1. The van der Waals surface area contributed by atoms with Crippen LogP contribution in [-0.2, 0) is 9.59 Å². The zero-order valence-electron chi connectivity index (χ0n) is 27.3. The minimum atomic E-state index is -4.44. The van der Waals surface area contributed by atoms with E-state index in [2.05, 4.69) is 5.32 Å². The Bertz CT molecular complexity index is 1830. The Morgan fingerprint density at radius 3 is 2.35 bits per heavy atom. The van der Waals surface area contributed by atoms with Gasteiger partial charge in [0, 0.05) is 53.6 Å². The molecule has 49 heavy (non-hydrogen) atoms. The van der Waals surface area contributed by atoms with Crippen LogP contribution in [0.1, 0.15) is 34.1 Å². The normalized spacial score (nSPS) is 18.8. The van der Waals surface area contributed by atoms with Crippen molar-refractivity contribution in [3.8, 4) is 0 Å². The van der Waals surface area contributed by atoms with Crippen LogP contribution in [0.4, 0.5) is 29.3 Å². The monoisotopic (exact) mass is 699 g/mol. The number of halogens is 3. The van der Waals surface area contributed by atoms with Crippen molar-refractivity contribution in [2.45, 2.75) is 50.7 Å². The second-order valence-electron chi connectivity index (χ2n) is 12.9. The summed E-state index contributed by atoms with van der Waals surface area (Å²) in [5, 5.41) is 16.5. The Morgan fingerprint density at radius 2 is 1.73 bits per heavy atom. The van der Waals surface area contributed by atoms with Gasteiger partial charge in [-0.2, -0.15) is 18.2 Å². The molecule has 2 aromatic carbocycles. The van der Waals surface area contributed by atoms with E-state index in [9.17, 15) is 32.7 Å². The van der Waals surface area contributed by atoms with Crippen LogP contribution in [0.15, 0.2) is 80.5 Å². The highest BCUT2D eigenvalue weighted by Crippen LogP contribution is 2.41. The highest BCUT2D eigenvalue weighted by atomic mass is 32.2. The van der Waals surface area contributed by atoms with Gasteiger partial charge < -0.3 is 29.5 Å². The number of hydrazine groups is 1. The summed E-state index contributed by atoms with van der Waals surface area (Å²) in [6, 6.07) is 12.8. The number of furan rings is 1. The van der Waals surface area contributed by atoms with Crippen molar-refractivity contribution in [1.82, 2.24) is 19.7 Å². The number of aliphatic imine (C=N–C) groups is 1. The standard InChI is InChI=1S/C33H36F3N7O5S/c1-5-24-27(39-13-15-40(16-14-39)31(46)47)28(45)43-30(41(24)19-26(44)37-21-7-10-23(11-8-21)49-33(34,35)36)38-29(32(2,3)4)42(43)22-9-6-20-12-17-48-25(20)18-22/h6-12,17-18,29H,5,13-16,19H2,1-4H3,(H,37,44)(H,46,47). The van der Waals surface area contributed by atoms with Crippen LogP contribution in [-0.4, -0.2) is 93.1 Å². The van der Waals surface area contributed by atoms with Crippen LogP contribution in [0.3, 0.4) is 0 Å². The molecule has 0 spiro atoms. The summed E-state index contributed by atoms with van der Waals surface area (Å²) in [4.78, 5) is 50.0. The van der Waals surface area contributed by atoms with Crippen LogP contribution in [0.5, 0.6) is 0 Å². The van der Waals surface area contributed by atoms with Gasteiger partial charge in [-0.25, -0.2) is 14.8 Å². The first-order valence-corrected chi connectivity index (χ1v) is 16.5. The van der Waals surface area contributed by atoms with Crippen LogP contribution in [0, 0.1) is 5.41 Å². The Morgan fingerprint density at radius 1 is 1.04 bits per heavy atom. The fourth-order valence-corrected chi connectivity index (χ4v) is 6.76. The number of anilines is 2. The van der Waals surface area contributed by atoms with E-state index in [1.807, 2.05) is 61.9 Å². The van der Waals surface area contributed by atoms with Crippen LogP contribution < -0.4 is 10.3 Å². The van der Waals surface area contributed by atoms with Gasteiger partial charge in [-0.1, -0.05) is 27.7 Å². The van der Waals surface area contributed by atoms with Crippen molar-refractivity contribution in [2.75, 3.05) is 43.0 Å². The molecule has 1 fully saturated rings. The van der Waals surface area contributed by atoms with Crippen molar-refractivity contribution in [3.63, 3.8) is 0 Å². The molecule has 12 nitrogen and oxygen atoms in total. The molecule has 0 saturated carbocycles. The van der Waals surface area contributed by atoms with Crippen molar-refractivity contribution in [2.24, 2.45) is 10.4 Å². The average molecular weight is 700 g/mol. The van der Waals surface area contributed by atoms with Crippen molar-refractivity contribution in [3.05, 3.63) is 66.2 Å². The quantitative estimate of drug-likeness (QED) is 0.277. The van der Waals surface area contributed by atoms with Crippen LogP contribution in [0.25, 0.3) is 11.0 Å². The summed E-state index contributed by atoms with van der Waals surface area (Å²) in [7, 11) is 0. The third-order valence-corrected chi connectivity index (χ3v) is 9.20. The summed E-state index contributed by atoms with van der Waals surface area (Å²) in [5.41, 5.74) is -2.47. The highest BCUT2D eigenvalue weighted by Gasteiger charge is 2.51. The van der Waals surface area contributed by atoms with Gasteiger partial charge in [-0.3, -0.25) is 9.59 Å². The Hall–Kier alpha value is -4.86. The molecule has 0 aliphatic carbocycles. The molecule has 3 aliphatic rings. The molecule has 0 bridgehead atoms. The number of alkyl halides is 3. The molecule has 2 N–H and O–H groups in total. The number of amides is 3. The fraction of sp³-hybridized carbons (Fsp3) is 0.394. The number of benzene rings is 2. The number of fused-ring (bicyclic) bond motifs is 2. The van der Waals surface area contributed by atoms with E-state index in [0.717, 1.165) is 5.39 Å². The molecule has 3 amide bonds. The van der Waals surface area contributed by atoms with E-state index < -0.39 is 29.1 Å². The van der Waals surface area contributed by atoms with Crippen LogP contribution >= 0.6 is 11.8 Å². The maximum absolute atomic E-state index is 14.8. The van der Waals surface area contributed by atoms with E-state index in [-0.39, 0.29) is 61.2 Å². The first-order chi connectivity index (χ1) is 23.1. The predicted molar refractivity (Wildman–Crippen MR) is 178 cm³/mol. The maximum atomic E-state index is 14.8. The number of piperazine rings is 1. The number of hydrogen-bond donors (Lipinski definition) is 2. The Labute approximate surface area is 284 Å². The molecule has 4 heterocycles. The molecule has 3 aliphatic heterocycles. The summed E-state index contributed by atoms with van der Waals surface area (Å²) in [6.07, 6.45) is 0.318. The summed E-state index contributed by atoms with van der Waals surface area (Å²) < 4.78 is 44.2. The molecule has 6 rings (SSSR count). The minimum absolute atomic E-state index is 0.0131. The van der Waals surface area contributed by atoms with Gasteiger partial charge in [0.05, 0.1) is 17.6 Å². The highest BCUT2D eigenvalue weighted by molar-refractivity contribution is 8.00. The lowest BCUT2D eigenvalue weighted by Gasteiger charge is -2.46. The van der Waals surface area contributed by atoms with E-state index >= 15 is 0 Å². The summed E-state index contributed by atoms with van der Waals surface area (Å²) >= 11 is -0.243. The largest absolute Gasteiger partial charge is 0.465 e.